The summed E-state index contributed by atoms with van der Waals surface area (Å²) in [6.45, 7) is 3.99. The van der Waals surface area contributed by atoms with Gasteiger partial charge in [0.25, 0.3) is 0 Å². The van der Waals surface area contributed by atoms with Crippen LogP contribution >= 0.6 is 11.3 Å². The van der Waals surface area contributed by atoms with Gasteiger partial charge in [0.15, 0.2) is 5.13 Å². The summed E-state index contributed by atoms with van der Waals surface area (Å²) in [4.78, 5) is 20.6. The van der Waals surface area contributed by atoms with Crippen molar-refractivity contribution in [3.8, 4) is 28.5 Å². The van der Waals surface area contributed by atoms with E-state index in [1.165, 1.54) is 11.3 Å². The van der Waals surface area contributed by atoms with Crippen LogP contribution in [0.2, 0.25) is 0 Å². The van der Waals surface area contributed by atoms with E-state index >= 15 is 0 Å². The number of methoxy groups -OCH3 is 3. The van der Waals surface area contributed by atoms with E-state index in [4.69, 9.17) is 19.2 Å². The van der Waals surface area contributed by atoms with E-state index in [9.17, 15) is 4.79 Å². The van der Waals surface area contributed by atoms with Crippen molar-refractivity contribution in [3.63, 3.8) is 0 Å². The molecule has 6 nitrogen and oxygen atoms in total. The van der Waals surface area contributed by atoms with Gasteiger partial charge >= 0.3 is 0 Å². The first-order valence-electron chi connectivity index (χ1n) is 9.69. The summed E-state index contributed by atoms with van der Waals surface area (Å²) in [7, 11) is 4.82. The van der Waals surface area contributed by atoms with Gasteiger partial charge in [-0.3, -0.25) is 9.69 Å². The highest BCUT2D eigenvalue weighted by Gasteiger charge is 2.25. The van der Waals surface area contributed by atoms with Gasteiger partial charge in [-0.1, -0.05) is 6.92 Å². The van der Waals surface area contributed by atoms with Crippen LogP contribution < -0.4 is 19.1 Å². The van der Waals surface area contributed by atoms with Crippen LogP contribution in [-0.4, -0.2) is 32.2 Å². The van der Waals surface area contributed by atoms with Crippen LogP contribution in [0.1, 0.15) is 24.6 Å². The summed E-state index contributed by atoms with van der Waals surface area (Å²) in [6, 6.07) is 13.2. The van der Waals surface area contributed by atoms with Gasteiger partial charge in [0.1, 0.15) is 17.2 Å². The van der Waals surface area contributed by atoms with Crippen LogP contribution in [-0.2, 0) is 4.79 Å². The number of hydrogen-bond donors (Lipinski definition) is 0. The second kappa shape index (κ2) is 9.63. The van der Waals surface area contributed by atoms with Crippen molar-refractivity contribution in [2.75, 3.05) is 26.2 Å². The highest BCUT2D eigenvalue weighted by atomic mass is 32.1. The predicted molar refractivity (Wildman–Crippen MR) is 120 cm³/mol. The lowest BCUT2D eigenvalue weighted by Gasteiger charge is -2.22. The molecule has 0 bridgehead atoms. The number of hydrogen-bond acceptors (Lipinski definition) is 6. The van der Waals surface area contributed by atoms with Gasteiger partial charge < -0.3 is 14.2 Å². The Bertz CT molecular complexity index is 1010. The number of carbonyl (C=O) groups excluding carboxylic acids is 1. The quantitative estimate of drug-likeness (QED) is 0.469. The van der Waals surface area contributed by atoms with E-state index < -0.39 is 0 Å². The maximum Gasteiger partial charge on any atom is 0.233 e. The smallest absolute Gasteiger partial charge is 0.233 e. The largest absolute Gasteiger partial charge is 0.497 e. The molecule has 0 saturated heterocycles. The summed E-state index contributed by atoms with van der Waals surface area (Å²) < 4.78 is 16.1. The fourth-order valence-corrected chi connectivity index (χ4v) is 4.10. The van der Waals surface area contributed by atoms with Crippen molar-refractivity contribution in [3.05, 3.63) is 47.3 Å². The summed E-state index contributed by atoms with van der Waals surface area (Å²) in [5, 5.41) is 0.611. The van der Waals surface area contributed by atoms with E-state index in [0.717, 1.165) is 28.3 Å². The van der Waals surface area contributed by atoms with Crippen LogP contribution in [0.15, 0.2) is 42.5 Å². The molecule has 1 amide bonds. The summed E-state index contributed by atoms with van der Waals surface area (Å²) in [5.74, 6) is 1.97. The molecule has 0 aliphatic heterocycles. The third-order valence-electron chi connectivity index (χ3n) is 4.68. The zero-order valence-corrected chi connectivity index (χ0v) is 18.7. The molecule has 7 heteroatoms. The minimum atomic E-state index is -0.0315. The zero-order chi connectivity index (χ0) is 21.7. The van der Waals surface area contributed by atoms with Gasteiger partial charge in [0.2, 0.25) is 5.91 Å². The molecule has 3 aromatic rings. The Morgan fingerprint density at radius 2 is 1.67 bits per heavy atom. The molecule has 0 unspecified atom stereocenters. The Labute approximate surface area is 181 Å². The second-order valence-corrected chi connectivity index (χ2v) is 7.83. The van der Waals surface area contributed by atoms with E-state index in [1.54, 1.807) is 32.3 Å². The second-order valence-electron chi connectivity index (χ2n) is 6.65. The SMILES string of the molecule is CCCC(=O)N(c1nc(-c2ccc(OC)cc2)c(C)s1)c1ccc(OC)cc1OC. The van der Waals surface area contributed by atoms with Gasteiger partial charge in [0, 0.05) is 22.9 Å². The number of carbonyl (C=O) groups is 1. The van der Waals surface area contributed by atoms with Crippen molar-refractivity contribution < 1.29 is 19.0 Å². The molecule has 30 heavy (non-hydrogen) atoms. The van der Waals surface area contributed by atoms with Crippen molar-refractivity contribution in [2.24, 2.45) is 0 Å². The van der Waals surface area contributed by atoms with Crippen molar-refractivity contribution in [2.45, 2.75) is 26.7 Å². The van der Waals surface area contributed by atoms with Crippen LogP contribution in [0.5, 0.6) is 17.2 Å². The van der Waals surface area contributed by atoms with Crippen LogP contribution in [0.3, 0.4) is 0 Å². The maximum absolute atomic E-state index is 13.1. The number of aromatic nitrogens is 1. The Balaban J connectivity index is 2.08. The molecule has 3 rings (SSSR count). The van der Waals surface area contributed by atoms with Crippen molar-refractivity contribution in [1.82, 2.24) is 4.98 Å². The summed E-state index contributed by atoms with van der Waals surface area (Å²) >= 11 is 1.48. The molecule has 1 aromatic heterocycles. The third kappa shape index (κ3) is 4.41. The lowest BCUT2D eigenvalue weighted by atomic mass is 10.1. The standard InChI is InChI=1S/C23H26N2O4S/c1-6-7-21(26)25(19-13-12-18(28-4)14-20(19)29-5)23-24-22(15(2)30-23)16-8-10-17(27-3)11-9-16/h8-14H,6-7H2,1-5H3. The number of amides is 1. The lowest BCUT2D eigenvalue weighted by Crippen LogP contribution is -2.25. The van der Waals surface area contributed by atoms with Gasteiger partial charge in [0.05, 0.1) is 32.7 Å². The van der Waals surface area contributed by atoms with Gasteiger partial charge in [-0.2, -0.15) is 0 Å². The fourth-order valence-electron chi connectivity index (χ4n) is 3.13. The zero-order valence-electron chi connectivity index (χ0n) is 17.9. The highest BCUT2D eigenvalue weighted by molar-refractivity contribution is 7.16. The average Bonchev–Trinajstić information content (AvgIpc) is 3.15. The molecule has 1 heterocycles. The first-order valence-corrected chi connectivity index (χ1v) is 10.5. The molecule has 0 N–H and O–H groups in total. The van der Waals surface area contributed by atoms with E-state index in [0.29, 0.717) is 28.7 Å². The predicted octanol–water partition coefficient (Wildman–Crippen LogP) is 5.61. The number of aryl methyl sites for hydroxylation is 1. The molecule has 2 aromatic carbocycles. The Morgan fingerprint density at radius 3 is 2.27 bits per heavy atom. The molecule has 0 aliphatic rings. The summed E-state index contributed by atoms with van der Waals surface area (Å²) in [5.41, 5.74) is 2.46. The van der Waals surface area contributed by atoms with E-state index in [2.05, 4.69) is 0 Å². The van der Waals surface area contributed by atoms with E-state index in [-0.39, 0.29) is 5.91 Å². The fraction of sp³-hybridized carbons (Fsp3) is 0.304. The first kappa shape index (κ1) is 21.6. The molecular weight excluding hydrogens is 400 g/mol. The molecular formula is C23H26N2O4S. The normalized spacial score (nSPS) is 10.6. The third-order valence-corrected chi connectivity index (χ3v) is 5.64. The van der Waals surface area contributed by atoms with Crippen LogP contribution in [0.4, 0.5) is 10.8 Å². The monoisotopic (exact) mass is 426 g/mol. The molecule has 158 valence electrons. The summed E-state index contributed by atoms with van der Waals surface area (Å²) in [6.07, 6.45) is 1.15. The number of rotatable bonds is 8. The molecule has 0 atom stereocenters. The lowest BCUT2D eigenvalue weighted by molar-refractivity contribution is -0.117. The Morgan fingerprint density at radius 1 is 1.00 bits per heavy atom. The number of anilines is 2. The topological polar surface area (TPSA) is 60.9 Å². The molecule has 0 radical (unpaired) electrons. The van der Waals surface area contributed by atoms with Gasteiger partial charge in [-0.25, -0.2) is 4.98 Å². The first-order chi connectivity index (χ1) is 14.5. The minimum absolute atomic E-state index is 0.0315. The average molecular weight is 427 g/mol. The minimum Gasteiger partial charge on any atom is -0.497 e. The molecule has 0 saturated carbocycles. The Hall–Kier alpha value is -3.06. The molecule has 0 aliphatic carbocycles. The molecule has 0 fully saturated rings. The van der Waals surface area contributed by atoms with Crippen molar-refractivity contribution in [1.29, 1.82) is 0 Å². The highest BCUT2D eigenvalue weighted by Crippen LogP contribution is 2.41. The van der Waals surface area contributed by atoms with Crippen LogP contribution in [0, 0.1) is 6.92 Å². The molecule has 0 spiro atoms. The van der Waals surface area contributed by atoms with Gasteiger partial charge in [-0.05, 0) is 49.7 Å². The van der Waals surface area contributed by atoms with Crippen molar-refractivity contribution >= 4 is 28.1 Å². The van der Waals surface area contributed by atoms with Gasteiger partial charge in [-0.15, -0.1) is 11.3 Å². The van der Waals surface area contributed by atoms with E-state index in [1.807, 2.05) is 50.2 Å². The maximum atomic E-state index is 13.1. The Kier molecular flexibility index (Phi) is 6.95. The number of ether oxygens (including phenoxy) is 3. The van der Waals surface area contributed by atoms with Crippen LogP contribution in [0.25, 0.3) is 11.3 Å². The number of benzene rings is 2. The number of thiazole rings is 1. The number of nitrogens with zero attached hydrogens (tertiary/aromatic N) is 2.